The average molecular weight is 272 g/mol. The van der Waals surface area contributed by atoms with E-state index in [0.717, 1.165) is 22.5 Å². The Morgan fingerprint density at radius 1 is 1.10 bits per heavy atom. The molecule has 2 N–H and O–H groups in total. The molecule has 0 saturated carbocycles. The summed E-state index contributed by atoms with van der Waals surface area (Å²) in [7, 11) is 0. The lowest BCUT2D eigenvalue weighted by Gasteiger charge is -2.10. The summed E-state index contributed by atoms with van der Waals surface area (Å²) in [5.74, 6) is -0.422. The molecule has 0 aliphatic heterocycles. The standard InChI is InChI=1S/C16H17FN2O/c1-11-3-6-14(7-4-11)19-16(20)10-18-15-8-5-13(17)9-12(15)2/h3-9,18H,10H2,1-2H3,(H,19,20). The minimum Gasteiger partial charge on any atom is -0.376 e. The molecule has 4 heteroatoms. The molecule has 0 aliphatic carbocycles. The Hall–Kier alpha value is -2.36. The van der Waals surface area contributed by atoms with Crippen LogP contribution in [0.2, 0.25) is 0 Å². The van der Waals surface area contributed by atoms with Crippen molar-refractivity contribution in [3.8, 4) is 0 Å². The highest BCUT2D eigenvalue weighted by atomic mass is 19.1. The first-order valence-electron chi connectivity index (χ1n) is 6.41. The van der Waals surface area contributed by atoms with E-state index in [0.29, 0.717) is 0 Å². The highest BCUT2D eigenvalue weighted by Gasteiger charge is 2.04. The van der Waals surface area contributed by atoms with E-state index in [4.69, 9.17) is 0 Å². The fourth-order valence-corrected chi connectivity index (χ4v) is 1.84. The van der Waals surface area contributed by atoms with Crippen molar-refractivity contribution < 1.29 is 9.18 Å². The number of rotatable bonds is 4. The van der Waals surface area contributed by atoms with Crippen LogP contribution < -0.4 is 10.6 Å². The molecule has 1 amide bonds. The van der Waals surface area contributed by atoms with E-state index in [9.17, 15) is 9.18 Å². The average Bonchev–Trinajstić information content (AvgIpc) is 2.40. The Morgan fingerprint density at radius 2 is 1.80 bits per heavy atom. The van der Waals surface area contributed by atoms with Crippen LogP contribution in [0, 0.1) is 19.7 Å². The third kappa shape index (κ3) is 3.82. The van der Waals surface area contributed by atoms with E-state index in [1.165, 1.54) is 12.1 Å². The number of amides is 1. The summed E-state index contributed by atoms with van der Waals surface area (Å²) in [5.41, 5.74) is 3.43. The quantitative estimate of drug-likeness (QED) is 0.894. The van der Waals surface area contributed by atoms with Crippen LogP contribution in [-0.4, -0.2) is 12.5 Å². The molecule has 2 rings (SSSR count). The number of carbonyl (C=O) groups is 1. The molecule has 0 atom stereocenters. The molecule has 0 bridgehead atoms. The zero-order valence-corrected chi connectivity index (χ0v) is 11.5. The van der Waals surface area contributed by atoms with Crippen LogP contribution in [0.15, 0.2) is 42.5 Å². The normalized spacial score (nSPS) is 10.2. The number of aryl methyl sites for hydroxylation is 2. The van der Waals surface area contributed by atoms with Crippen LogP contribution in [0.5, 0.6) is 0 Å². The number of hydrogen-bond acceptors (Lipinski definition) is 2. The van der Waals surface area contributed by atoms with E-state index in [-0.39, 0.29) is 18.3 Å². The van der Waals surface area contributed by atoms with Crippen molar-refractivity contribution in [2.45, 2.75) is 13.8 Å². The predicted molar refractivity (Wildman–Crippen MR) is 79.4 cm³/mol. The summed E-state index contributed by atoms with van der Waals surface area (Å²) >= 11 is 0. The number of carbonyl (C=O) groups excluding carboxylic acids is 1. The monoisotopic (exact) mass is 272 g/mol. The van der Waals surface area contributed by atoms with Gasteiger partial charge in [0.05, 0.1) is 6.54 Å². The Morgan fingerprint density at radius 3 is 2.45 bits per heavy atom. The van der Waals surface area contributed by atoms with Crippen molar-refractivity contribution in [3.63, 3.8) is 0 Å². The van der Waals surface area contributed by atoms with Gasteiger partial charge in [-0.25, -0.2) is 4.39 Å². The van der Waals surface area contributed by atoms with Gasteiger partial charge in [0, 0.05) is 11.4 Å². The maximum Gasteiger partial charge on any atom is 0.243 e. The molecule has 2 aromatic carbocycles. The predicted octanol–water partition coefficient (Wildman–Crippen LogP) is 3.49. The lowest BCUT2D eigenvalue weighted by atomic mass is 10.2. The number of halogens is 1. The maximum atomic E-state index is 13.0. The van der Waals surface area contributed by atoms with E-state index >= 15 is 0 Å². The molecule has 20 heavy (non-hydrogen) atoms. The van der Waals surface area contributed by atoms with Crippen LogP contribution in [0.25, 0.3) is 0 Å². The maximum absolute atomic E-state index is 13.0. The van der Waals surface area contributed by atoms with Gasteiger partial charge in [-0.05, 0) is 49.7 Å². The van der Waals surface area contributed by atoms with Gasteiger partial charge in [-0.15, -0.1) is 0 Å². The number of hydrogen-bond donors (Lipinski definition) is 2. The van der Waals surface area contributed by atoms with Crippen LogP contribution in [-0.2, 0) is 4.79 Å². The van der Waals surface area contributed by atoms with E-state index in [1.54, 1.807) is 13.0 Å². The minimum absolute atomic E-state index is 0.139. The van der Waals surface area contributed by atoms with E-state index in [1.807, 2.05) is 31.2 Å². The Balaban J connectivity index is 1.90. The first-order chi connectivity index (χ1) is 9.54. The lowest BCUT2D eigenvalue weighted by molar-refractivity contribution is -0.114. The van der Waals surface area contributed by atoms with Gasteiger partial charge in [0.25, 0.3) is 0 Å². The van der Waals surface area contributed by atoms with Gasteiger partial charge in [0.2, 0.25) is 5.91 Å². The number of anilines is 2. The van der Waals surface area contributed by atoms with Crippen LogP contribution >= 0.6 is 0 Å². The highest BCUT2D eigenvalue weighted by Crippen LogP contribution is 2.15. The smallest absolute Gasteiger partial charge is 0.243 e. The summed E-state index contributed by atoms with van der Waals surface area (Å²) in [6.07, 6.45) is 0. The summed E-state index contributed by atoms with van der Waals surface area (Å²) in [4.78, 5) is 11.8. The molecule has 0 radical (unpaired) electrons. The third-order valence-corrected chi connectivity index (χ3v) is 2.96. The Bertz CT molecular complexity index is 608. The molecular formula is C16H17FN2O. The molecule has 0 heterocycles. The molecule has 0 aromatic heterocycles. The fraction of sp³-hybridized carbons (Fsp3) is 0.188. The topological polar surface area (TPSA) is 41.1 Å². The van der Waals surface area contributed by atoms with Gasteiger partial charge in [-0.1, -0.05) is 17.7 Å². The van der Waals surface area contributed by atoms with Crippen molar-refractivity contribution in [1.82, 2.24) is 0 Å². The van der Waals surface area contributed by atoms with Crippen LogP contribution in [0.3, 0.4) is 0 Å². The first kappa shape index (κ1) is 14.1. The van der Waals surface area contributed by atoms with E-state index in [2.05, 4.69) is 10.6 Å². The van der Waals surface area contributed by atoms with Crippen molar-refractivity contribution in [2.75, 3.05) is 17.2 Å². The largest absolute Gasteiger partial charge is 0.376 e. The van der Waals surface area contributed by atoms with Crippen LogP contribution in [0.1, 0.15) is 11.1 Å². The second-order valence-electron chi connectivity index (χ2n) is 4.73. The molecule has 0 fully saturated rings. The molecule has 0 saturated heterocycles. The van der Waals surface area contributed by atoms with Crippen molar-refractivity contribution in [3.05, 3.63) is 59.4 Å². The van der Waals surface area contributed by atoms with Gasteiger partial charge >= 0.3 is 0 Å². The van der Waals surface area contributed by atoms with Gasteiger partial charge < -0.3 is 10.6 Å². The molecule has 3 nitrogen and oxygen atoms in total. The molecule has 0 aliphatic rings. The lowest BCUT2D eigenvalue weighted by Crippen LogP contribution is -2.22. The summed E-state index contributed by atoms with van der Waals surface area (Å²) in [5, 5.41) is 5.79. The zero-order chi connectivity index (χ0) is 14.5. The van der Waals surface area contributed by atoms with E-state index < -0.39 is 0 Å². The third-order valence-electron chi connectivity index (χ3n) is 2.96. The molecule has 0 unspecified atom stereocenters. The van der Waals surface area contributed by atoms with Gasteiger partial charge in [0.15, 0.2) is 0 Å². The second-order valence-corrected chi connectivity index (χ2v) is 4.73. The molecular weight excluding hydrogens is 255 g/mol. The number of benzene rings is 2. The first-order valence-corrected chi connectivity index (χ1v) is 6.41. The number of nitrogens with one attached hydrogen (secondary N) is 2. The summed E-state index contributed by atoms with van der Waals surface area (Å²) in [6.45, 7) is 3.92. The van der Waals surface area contributed by atoms with Gasteiger partial charge in [0.1, 0.15) is 5.82 Å². The SMILES string of the molecule is Cc1ccc(NC(=O)CNc2ccc(F)cc2C)cc1. The van der Waals surface area contributed by atoms with Crippen molar-refractivity contribution in [1.29, 1.82) is 0 Å². The molecule has 104 valence electrons. The van der Waals surface area contributed by atoms with Gasteiger partial charge in [-0.2, -0.15) is 0 Å². The minimum atomic E-state index is -0.280. The Kier molecular flexibility index (Phi) is 4.35. The molecule has 2 aromatic rings. The Labute approximate surface area is 117 Å². The highest BCUT2D eigenvalue weighted by molar-refractivity contribution is 5.93. The second kappa shape index (κ2) is 6.19. The fourth-order valence-electron chi connectivity index (χ4n) is 1.84. The zero-order valence-electron chi connectivity index (χ0n) is 11.5. The van der Waals surface area contributed by atoms with Gasteiger partial charge in [-0.3, -0.25) is 4.79 Å². The van der Waals surface area contributed by atoms with Crippen molar-refractivity contribution >= 4 is 17.3 Å². The van der Waals surface area contributed by atoms with Crippen molar-refractivity contribution in [2.24, 2.45) is 0 Å². The molecule has 0 spiro atoms. The van der Waals surface area contributed by atoms with Crippen LogP contribution in [0.4, 0.5) is 15.8 Å². The summed E-state index contributed by atoms with van der Waals surface area (Å²) in [6, 6.07) is 12.0. The summed E-state index contributed by atoms with van der Waals surface area (Å²) < 4.78 is 13.0.